The number of benzene rings is 1. The van der Waals surface area contributed by atoms with Gasteiger partial charge in [-0.25, -0.2) is 13.8 Å². The van der Waals surface area contributed by atoms with Crippen LogP contribution in [0.5, 0.6) is 0 Å². The van der Waals surface area contributed by atoms with Gasteiger partial charge in [-0.15, -0.1) is 12.4 Å². The molecule has 28 heavy (non-hydrogen) atoms. The highest BCUT2D eigenvalue weighted by Gasteiger charge is 2.23. The van der Waals surface area contributed by atoms with Crippen LogP contribution in [0, 0.1) is 11.6 Å². The average molecular weight is 412 g/mol. The van der Waals surface area contributed by atoms with Crippen LogP contribution >= 0.6 is 12.4 Å². The van der Waals surface area contributed by atoms with Gasteiger partial charge in [0.15, 0.2) is 11.6 Å². The molecule has 1 aliphatic rings. The van der Waals surface area contributed by atoms with E-state index in [4.69, 9.17) is 0 Å². The number of anilines is 2. The molecule has 1 heterocycles. The van der Waals surface area contributed by atoms with E-state index in [1.165, 1.54) is 6.07 Å². The number of aromatic nitrogens is 2. The maximum Gasteiger partial charge on any atom is 0.251 e. The largest absolute Gasteiger partial charge is 0.367 e. The molecule has 1 saturated carbocycles. The van der Waals surface area contributed by atoms with Crippen molar-refractivity contribution in [2.24, 2.45) is 0 Å². The second-order valence-electron chi connectivity index (χ2n) is 6.59. The van der Waals surface area contributed by atoms with Crippen molar-refractivity contribution in [3.63, 3.8) is 0 Å². The predicted octanol–water partition coefficient (Wildman–Crippen LogP) is 3.76. The van der Waals surface area contributed by atoms with Gasteiger partial charge in [0.2, 0.25) is 5.95 Å². The monoisotopic (exact) mass is 411 g/mol. The predicted molar refractivity (Wildman–Crippen MR) is 107 cm³/mol. The van der Waals surface area contributed by atoms with Gasteiger partial charge in [0.25, 0.3) is 5.91 Å². The molecule has 1 amide bonds. The van der Waals surface area contributed by atoms with Gasteiger partial charge in [-0.1, -0.05) is 0 Å². The molecule has 9 heteroatoms. The molecule has 1 fully saturated rings. The molecule has 0 aliphatic heterocycles. The lowest BCUT2D eigenvalue weighted by atomic mass is 9.91. The third kappa shape index (κ3) is 5.76. The first-order valence-corrected chi connectivity index (χ1v) is 9.14. The number of carbonyl (C=O) groups excluding carboxylic acids is 1. The standard InChI is InChI=1S/C19H23F2N5O.ClH/c1-2-22-19-23-10-9-17(26-19)24-13-4-6-14(7-5-13)25-18(27)12-3-8-15(20)16(21)11-12;/h3,8-11,13-14H,2,4-7H2,1H3,(H,25,27)(H2,22,23,24,26);1H/t13-,14+;. The van der Waals surface area contributed by atoms with E-state index < -0.39 is 11.6 Å². The first-order chi connectivity index (χ1) is 13.0. The molecule has 1 aromatic heterocycles. The lowest BCUT2D eigenvalue weighted by Crippen LogP contribution is -2.40. The first-order valence-electron chi connectivity index (χ1n) is 9.14. The van der Waals surface area contributed by atoms with Crippen molar-refractivity contribution in [1.29, 1.82) is 0 Å². The number of halogens is 3. The molecular formula is C19H24ClF2N5O. The molecule has 6 nitrogen and oxygen atoms in total. The van der Waals surface area contributed by atoms with E-state index >= 15 is 0 Å². The zero-order valence-corrected chi connectivity index (χ0v) is 16.4. The lowest BCUT2D eigenvalue weighted by Gasteiger charge is -2.30. The van der Waals surface area contributed by atoms with Crippen LogP contribution in [0.2, 0.25) is 0 Å². The van der Waals surface area contributed by atoms with Crippen molar-refractivity contribution >= 4 is 30.1 Å². The Hall–Kier alpha value is -2.48. The summed E-state index contributed by atoms with van der Waals surface area (Å²) >= 11 is 0. The number of carbonyl (C=O) groups is 1. The first kappa shape index (κ1) is 21.8. The van der Waals surface area contributed by atoms with Crippen LogP contribution in [0.4, 0.5) is 20.5 Å². The van der Waals surface area contributed by atoms with Crippen molar-refractivity contribution in [2.75, 3.05) is 17.2 Å². The third-order valence-electron chi connectivity index (χ3n) is 4.59. The molecule has 0 spiro atoms. The van der Waals surface area contributed by atoms with E-state index in [2.05, 4.69) is 25.9 Å². The topological polar surface area (TPSA) is 78.9 Å². The van der Waals surface area contributed by atoms with E-state index in [1.54, 1.807) is 6.20 Å². The fourth-order valence-electron chi connectivity index (χ4n) is 3.18. The molecule has 3 N–H and O–H groups in total. The number of hydrogen-bond donors (Lipinski definition) is 3. The van der Waals surface area contributed by atoms with Crippen LogP contribution in [0.25, 0.3) is 0 Å². The van der Waals surface area contributed by atoms with Gasteiger partial charge in [-0.3, -0.25) is 4.79 Å². The Morgan fingerprint density at radius 3 is 2.50 bits per heavy atom. The summed E-state index contributed by atoms with van der Waals surface area (Å²) in [5.74, 6) is -0.987. The van der Waals surface area contributed by atoms with E-state index in [0.717, 1.165) is 50.2 Å². The Bertz CT molecular complexity index is 800. The molecule has 1 aliphatic carbocycles. The van der Waals surface area contributed by atoms with Crippen molar-refractivity contribution < 1.29 is 13.6 Å². The minimum Gasteiger partial charge on any atom is -0.367 e. The van der Waals surface area contributed by atoms with E-state index in [1.807, 2.05) is 13.0 Å². The average Bonchev–Trinajstić information content (AvgIpc) is 2.66. The highest BCUT2D eigenvalue weighted by molar-refractivity contribution is 5.94. The van der Waals surface area contributed by atoms with E-state index in [0.29, 0.717) is 5.95 Å². The van der Waals surface area contributed by atoms with E-state index in [-0.39, 0.29) is 36.0 Å². The van der Waals surface area contributed by atoms with Crippen LogP contribution in [-0.4, -0.2) is 34.5 Å². The zero-order valence-electron chi connectivity index (χ0n) is 15.5. The zero-order chi connectivity index (χ0) is 19.2. The number of rotatable bonds is 6. The highest BCUT2D eigenvalue weighted by Crippen LogP contribution is 2.22. The Balaban J connectivity index is 0.00000280. The normalized spacial score (nSPS) is 18.7. The molecule has 0 radical (unpaired) electrons. The minimum atomic E-state index is -1.02. The SMILES string of the molecule is CCNc1nccc(N[C@H]2CC[C@@H](NC(=O)c3ccc(F)c(F)c3)CC2)n1.Cl. The summed E-state index contributed by atoms with van der Waals surface area (Å²) in [6.07, 6.45) is 5.07. The molecule has 0 unspecified atom stereocenters. The maximum atomic E-state index is 13.3. The van der Waals surface area contributed by atoms with Crippen molar-refractivity contribution in [1.82, 2.24) is 15.3 Å². The smallest absolute Gasteiger partial charge is 0.251 e. The van der Waals surface area contributed by atoms with Gasteiger partial charge in [-0.2, -0.15) is 4.98 Å². The summed E-state index contributed by atoms with van der Waals surface area (Å²) in [5, 5.41) is 9.38. The molecule has 0 bridgehead atoms. The van der Waals surface area contributed by atoms with Crippen LogP contribution in [0.3, 0.4) is 0 Å². The highest BCUT2D eigenvalue weighted by atomic mass is 35.5. The van der Waals surface area contributed by atoms with Crippen molar-refractivity contribution in [3.05, 3.63) is 47.7 Å². The molecule has 152 valence electrons. The number of hydrogen-bond acceptors (Lipinski definition) is 5. The fraction of sp³-hybridized carbons (Fsp3) is 0.421. The number of nitrogens with zero attached hydrogens (tertiary/aromatic N) is 2. The molecular weight excluding hydrogens is 388 g/mol. The second kappa shape index (κ2) is 10.2. The van der Waals surface area contributed by atoms with Crippen LogP contribution < -0.4 is 16.0 Å². The van der Waals surface area contributed by atoms with Crippen molar-refractivity contribution in [2.45, 2.75) is 44.7 Å². The van der Waals surface area contributed by atoms with Gasteiger partial charge in [0, 0.05) is 30.4 Å². The summed E-state index contributed by atoms with van der Waals surface area (Å²) in [7, 11) is 0. The van der Waals surface area contributed by atoms with Crippen molar-refractivity contribution in [3.8, 4) is 0 Å². The Morgan fingerprint density at radius 1 is 1.11 bits per heavy atom. The molecule has 3 rings (SSSR count). The molecule has 1 aromatic carbocycles. The fourth-order valence-corrected chi connectivity index (χ4v) is 3.18. The van der Waals surface area contributed by atoms with Crippen LogP contribution in [0.15, 0.2) is 30.5 Å². The van der Waals surface area contributed by atoms with Gasteiger partial charge in [0.05, 0.1) is 0 Å². The number of amides is 1. The summed E-state index contributed by atoms with van der Waals surface area (Å²) in [5.41, 5.74) is 0.131. The lowest BCUT2D eigenvalue weighted by molar-refractivity contribution is 0.0926. The van der Waals surface area contributed by atoms with Gasteiger partial charge in [0.1, 0.15) is 5.82 Å². The Morgan fingerprint density at radius 2 is 1.82 bits per heavy atom. The third-order valence-corrected chi connectivity index (χ3v) is 4.59. The summed E-state index contributed by atoms with van der Waals surface area (Å²) in [4.78, 5) is 20.8. The van der Waals surface area contributed by atoms with Gasteiger partial charge >= 0.3 is 0 Å². The quantitative estimate of drug-likeness (QED) is 0.674. The summed E-state index contributed by atoms with van der Waals surface area (Å²) in [6.45, 7) is 2.74. The number of nitrogens with one attached hydrogen (secondary N) is 3. The molecule has 2 aromatic rings. The minimum absolute atomic E-state index is 0. The maximum absolute atomic E-state index is 13.3. The Labute approximate surface area is 169 Å². The molecule has 0 saturated heterocycles. The van der Waals surface area contributed by atoms with Crippen LogP contribution in [0.1, 0.15) is 43.0 Å². The van der Waals surface area contributed by atoms with Gasteiger partial charge in [-0.05, 0) is 56.9 Å². The summed E-state index contributed by atoms with van der Waals surface area (Å²) < 4.78 is 26.3. The molecule has 0 atom stereocenters. The van der Waals surface area contributed by atoms with E-state index in [9.17, 15) is 13.6 Å². The van der Waals surface area contributed by atoms with Gasteiger partial charge < -0.3 is 16.0 Å². The van der Waals surface area contributed by atoms with Crippen LogP contribution in [-0.2, 0) is 0 Å². The summed E-state index contributed by atoms with van der Waals surface area (Å²) in [6, 6.07) is 5.30. The second-order valence-corrected chi connectivity index (χ2v) is 6.59. The Kier molecular flexibility index (Phi) is 7.92.